The van der Waals surface area contributed by atoms with Gasteiger partial charge in [0, 0.05) is 19.1 Å². The first-order chi connectivity index (χ1) is 9.89. The summed E-state index contributed by atoms with van der Waals surface area (Å²) in [6.07, 6.45) is 3.14. The lowest BCUT2D eigenvalue weighted by Crippen LogP contribution is -2.38. The predicted molar refractivity (Wildman–Crippen MR) is 84.0 cm³/mol. The van der Waals surface area contributed by atoms with E-state index in [1.165, 1.54) is 18.2 Å². The molecule has 21 heavy (non-hydrogen) atoms. The first-order valence-electron chi connectivity index (χ1n) is 7.10. The molecule has 0 spiro atoms. The molecule has 3 unspecified atom stereocenters. The van der Waals surface area contributed by atoms with Gasteiger partial charge in [0.25, 0.3) is 0 Å². The number of halogens is 2. The van der Waals surface area contributed by atoms with Gasteiger partial charge in [0.1, 0.15) is 0 Å². The quantitative estimate of drug-likeness (QED) is 0.893. The molecule has 1 saturated heterocycles. The summed E-state index contributed by atoms with van der Waals surface area (Å²) in [7, 11) is -3.52. The maximum atomic E-state index is 12.7. The van der Waals surface area contributed by atoms with Crippen LogP contribution in [0.1, 0.15) is 19.3 Å². The zero-order valence-electron chi connectivity index (χ0n) is 11.5. The van der Waals surface area contributed by atoms with Crippen LogP contribution in [0.2, 0.25) is 10.0 Å². The minimum absolute atomic E-state index is 0.109. The largest absolute Gasteiger partial charge is 0.327 e. The van der Waals surface area contributed by atoms with Crippen molar-refractivity contribution in [1.29, 1.82) is 0 Å². The molecule has 4 nitrogen and oxygen atoms in total. The van der Waals surface area contributed by atoms with Crippen molar-refractivity contribution in [3.05, 3.63) is 28.2 Å². The summed E-state index contributed by atoms with van der Waals surface area (Å²) in [6, 6.07) is 4.55. The second kappa shape index (κ2) is 5.70. The van der Waals surface area contributed by atoms with Crippen LogP contribution in [0.25, 0.3) is 0 Å². The molecule has 1 aliphatic heterocycles. The van der Waals surface area contributed by atoms with Gasteiger partial charge in [-0.05, 0) is 42.9 Å². The van der Waals surface area contributed by atoms with E-state index >= 15 is 0 Å². The third kappa shape index (κ3) is 2.82. The first-order valence-corrected chi connectivity index (χ1v) is 9.30. The van der Waals surface area contributed by atoms with Crippen molar-refractivity contribution < 1.29 is 8.42 Å². The minimum atomic E-state index is -3.52. The summed E-state index contributed by atoms with van der Waals surface area (Å²) in [5.41, 5.74) is 6.15. The van der Waals surface area contributed by atoms with Crippen LogP contribution in [-0.2, 0) is 10.0 Å². The summed E-state index contributed by atoms with van der Waals surface area (Å²) in [6.45, 7) is 1.06. The topological polar surface area (TPSA) is 63.4 Å². The molecule has 1 aromatic carbocycles. The second-order valence-corrected chi connectivity index (χ2v) is 8.67. The van der Waals surface area contributed by atoms with Crippen LogP contribution in [0.3, 0.4) is 0 Å². The van der Waals surface area contributed by atoms with Crippen molar-refractivity contribution >= 4 is 33.2 Å². The summed E-state index contributed by atoms with van der Waals surface area (Å²) < 4.78 is 27.0. The fourth-order valence-electron chi connectivity index (χ4n) is 3.46. The van der Waals surface area contributed by atoms with Gasteiger partial charge in [-0.1, -0.05) is 29.6 Å². The fourth-order valence-corrected chi connectivity index (χ4v) is 5.38. The number of nitrogens with zero attached hydrogens (tertiary/aromatic N) is 1. The highest BCUT2D eigenvalue weighted by atomic mass is 35.5. The van der Waals surface area contributed by atoms with Crippen LogP contribution in [-0.4, -0.2) is 31.9 Å². The van der Waals surface area contributed by atoms with Crippen LogP contribution >= 0.6 is 23.2 Å². The molecular weight excluding hydrogens is 331 g/mol. The van der Waals surface area contributed by atoms with E-state index < -0.39 is 10.0 Å². The molecule has 1 heterocycles. The van der Waals surface area contributed by atoms with Crippen molar-refractivity contribution in [2.75, 3.05) is 13.1 Å². The van der Waals surface area contributed by atoms with Crippen LogP contribution < -0.4 is 5.73 Å². The average molecular weight is 349 g/mol. The highest BCUT2D eigenvalue weighted by Gasteiger charge is 2.43. The lowest BCUT2D eigenvalue weighted by atomic mass is 9.78. The molecule has 0 radical (unpaired) electrons. The van der Waals surface area contributed by atoms with Gasteiger partial charge < -0.3 is 5.73 Å². The Morgan fingerprint density at radius 3 is 2.57 bits per heavy atom. The smallest absolute Gasteiger partial charge is 0.243 e. The van der Waals surface area contributed by atoms with Gasteiger partial charge in [-0.3, -0.25) is 0 Å². The Morgan fingerprint density at radius 2 is 1.90 bits per heavy atom. The maximum absolute atomic E-state index is 12.7. The van der Waals surface area contributed by atoms with Gasteiger partial charge in [-0.2, -0.15) is 4.31 Å². The normalized spacial score (nSPS) is 30.3. The molecule has 1 saturated carbocycles. The molecule has 1 aromatic rings. The van der Waals surface area contributed by atoms with Gasteiger partial charge in [0.05, 0.1) is 14.9 Å². The molecule has 7 heteroatoms. The lowest BCUT2D eigenvalue weighted by molar-refractivity contribution is 0.260. The van der Waals surface area contributed by atoms with E-state index in [9.17, 15) is 8.42 Å². The molecule has 0 aromatic heterocycles. The Hall–Kier alpha value is -0.330. The minimum Gasteiger partial charge on any atom is -0.327 e. The number of nitrogens with two attached hydrogens (primary N) is 1. The van der Waals surface area contributed by atoms with Gasteiger partial charge >= 0.3 is 0 Å². The fraction of sp³-hybridized carbons (Fsp3) is 0.571. The van der Waals surface area contributed by atoms with E-state index in [2.05, 4.69) is 0 Å². The number of hydrogen-bond acceptors (Lipinski definition) is 3. The summed E-state index contributed by atoms with van der Waals surface area (Å²) in [5, 5.41) is 0.610. The zero-order valence-corrected chi connectivity index (χ0v) is 13.8. The maximum Gasteiger partial charge on any atom is 0.243 e. The van der Waals surface area contributed by atoms with Gasteiger partial charge in [-0.15, -0.1) is 0 Å². The standard InChI is InChI=1S/C14H18Cl2N2O2S/c15-12-5-4-10(6-13(12)16)21(19,20)18-7-9-2-1-3-14(17)11(9)8-18/h4-6,9,11,14H,1-3,7-8,17H2. The van der Waals surface area contributed by atoms with Crippen molar-refractivity contribution in [1.82, 2.24) is 4.31 Å². The molecule has 2 aliphatic rings. The number of fused-ring (bicyclic) bond motifs is 1. The highest BCUT2D eigenvalue weighted by molar-refractivity contribution is 7.89. The molecule has 3 rings (SSSR count). The SMILES string of the molecule is NC1CCCC2CN(S(=O)(=O)c3ccc(Cl)c(Cl)c3)CC12. The molecule has 0 bridgehead atoms. The molecule has 2 N–H and O–H groups in total. The number of benzene rings is 1. The van der Waals surface area contributed by atoms with E-state index in [0.717, 1.165) is 19.3 Å². The lowest BCUT2D eigenvalue weighted by Gasteiger charge is -2.29. The molecule has 3 atom stereocenters. The average Bonchev–Trinajstić information content (AvgIpc) is 2.88. The van der Waals surface area contributed by atoms with Crippen LogP contribution in [0.15, 0.2) is 23.1 Å². The van der Waals surface area contributed by atoms with Gasteiger partial charge in [-0.25, -0.2) is 8.42 Å². The van der Waals surface area contributed by atoms with Crippen LogP contribution in [0, 0.1) is 11.8 Å². The number of sulfonamides is 1. The third-order valence-electron chi connectivity index (χ3n) is 4.65. The zero-order chi connectivity index (χ0) is 15.2. The second-order valence-electron chi connectivity index (χ2n) is 5.92. The van der Waals surface area contributed by atoms with Gasteiger partial charge in [0.2, 0.25) is 10.0 Å². The van der Waals surface area contributed by atoms with E-state index in [1.54, 1.807) is 4.31 Å². The molecule has 1 aliphatic carbocycles. The summed E-state index contributed by atoms with van der Waals surface area (Å²) in [4.78, 5) is 0.198. The Morgan fingerprint density at radius 1 is 1.14 bits per heavy atom. The van der Waals surface area contributed by atoms with E-state index in [1.807, 2.05) is 0 Å². The summed E-state index contributed by atoms with van der Waals surface area (Å²) in [5.74, 6) is 0.655. The number of rotatable bonds is 2. The molecule has 116 valence electrons. The summed E-state index contributed by atoms with van der Waals surface area (Å²) >= 11 is 11.8. The van der Waals surface area contributed by atoms with E-state index in [-0.39, 0.29) is 21.9 Å². The van der Waals surface area contributed by atoms with E-state index in [4.69, 9.17) is 28.9 Å². The first kappa shape index (κ1) is 15.6. The van der Waals surface area contributed by atoms with Crippen molar-refractivity contribution in [3.63, 3.8) is 0 Å². The molecule has 2 fully saturated rings. The van der Waals surface area contributed by atoms with Crippen molar-refractivity contribution in [3.8, 4) is 0 Å². The third-order valence-corrected chi connectivity index (χ3v) is 7.22. The monoisotopic (exact) mass is 348 g/mol. The van der Waals surface area contributed by atoms with Gasteiger partial charge in [0.15, 0.2) is 0 Å². The predicted octanol–water partition coefficient (Wildman–Crippen LogP) is 2.74. The van der Waals surface area contributed by atoms with Crippen molar-refractivity contribution in [2.45, 2.75) is 30.2 Å². The Bertz CT molecular complexity index is 650. The number of hydrogen-bond donors (Lipinski definition) is 1. The molecule has 0 amide bonds. The Balaban J connectivity index is 1.87. The van der Waals surface area contributed by atoms with Crippen molar-refractivity contribution in [2.24, 2.45) is 17.6 Å². The Labute approximate surface area is 135 Å². The van der Waals surface area contributed by atoms with Crippen LogP contribution in [0.5, 0.6) is 0 Å². The van der Waals surface area contributed by atoms with E-state index in [0.29, 0.717) is 24.0 Å². The van der Waals surface area contributed by atoms with Crippen LogP contribution in [0.4, 0.5) is 0 Å². The molecular formula is C14H18Cl2N2O2S. The highest BCUT2D eigenvalue weighted by Crippen LogP contribution is 2.38. The Kier molecular flexibility index (Phi) is 4.23.